The number of halogens is 1. The highest BCUT2D eigenvalue weighted by Crippen LogP contribution is 2.61. The highest BCUT2D eigenvalue weighted by molar-refractivity contribution is 6.32. The number of carbonyl (C=O) groups excluding carboxylic acids is 3. The summed E-state index contributed by atoms with van der Waals surface area (Å²) < 4.78 is 5.55. The highest BCUT2D eigenvalue weighted by atomic mass is 35.5. The Labute approximate surface area is 236 Å². The second kappa shape index (κ2) is 9.04. The quantitative estimate of drug-likeness (QED) is 0.212. The number of fused-ring (bicyclic) bond motifs is 5. The van der Waals surface area contributed by atoms with Gasteiger partial charge in [-0.05, 0) is 53.6 Å². The van der Waals surface area contributed by atoms with E-state index in [1.54, 1.807) is 55.6 Å². The van der Waals surface area contributed by atoms with Gasteiger partial charge in [0.25, 0.3) is 0 Å². The van der Waals surface area contributed by atoms with E-state index in [2.05, 4.69) is 0 Å². The zero-order chi connectivity index (χ0) is 27.6. The first kappa shape index (κ1) is 24.6. The minimum atomic E-state index is -1.55. The lowest BCUT2D eigenvalue weighted by atomic mass is 9.64. The van der Waals surface area contributed by atoms with Gasteiger partial charge in [-0.1, -0.05) is 78.4 Å². The van der Waals surface area contributed by atoms with E-state index in [0.29, 0.717) is 33.0 Å². The number of rotatable bonds is 4. The van der Waals surface area contributed by atoms with Crippen molar-refractivity contribution >= 4 is 40.7 Å². The van der Waals surface area contributed by atoms with E-state index < -0.39 is 23.4 Å². The predicted molar refractivity (Wildman–Crippen MR) is 155 cm³/mol. The number of ketones is 3. The molecule has 7 rings (SSSR count). The SMILES string of the molecule is COc1cccc([C@H]2[C@H](C(=O)c3ccc(Cl)cc3)N3c4ccccc4C=C[C@H]3C23C(=O)c2ccccc2C3=O)c1. The Hall–Kier alpha value is -4.48. The first-order chi connectivity index (χ1) is 19.5. The summed E-state index contributed by atoms with van der Waals surface area (Å²) in [6.07, 6.45) is 3.88. The van der Waals surface area contributed by atoms with E-state index in [1.807, 2.05) is 65.6 Å². The van der Waals surface area contributed by atoms with Crippen molar-refractivity contribution < 1.29 is 19.1 Å². The van der Waals surface area contributed by atoms with Crippen LogP contribution in [-0.2, 0) is 0 Å². The monoisotopic (exact) mass is 545 g/mol. The molecule has 4 aromatic carbocycles. The number of para-hydroxylation sites is 1. The van der Waals surface area contributed by atoms with Crippen LogP contribution in [0.1, 0.15) is 48.1 Å². The van der Waals surface area contributed by atoms with Gasteiger partial charge in [-0.15, -0.1) is 0 Å². The first-order valence-corrected chi connectivity index (χ1v) is 13.5. The zero-order valence-corrected chi connectivity index (χ0v) is 22.3. The van der Waals surface area contributed by atoms with E-state index in [0.717, 1.165) is 11.3 Å². The molecular formula is C34H24ClNO4. The summed E-state index contributed by atoms with van der Waals surface area (Å²) in [6.45, 7) is 0. The fraction of sp³-hybridized carbons (Fsp3) is 0.147. The van der Waals surface area contributed by atoms with E-state index >= 15 is 0 Å². The Morgan fingerprint density at radius 1 is 0.850 bits per heavy atom. The lowest BCUT2D eigenvalue weighted by molar-refractivity contribution is 0.0665. The molecule has 0 N–H and O–H groups in total. The third kappa shape index (κ3) is 3.24. The Morgan fingerprint density at radius 3 is 2.23 bits per heavy atom. The third-order valence-corrected chi connectivity index (χ3v) is 8.82. The van der Waals surface area contributed by atoms with Crippen molar-refractivity contribution in [2.24, 2.45) is 5.41 Å². The van der Waals surface area contributed by atoms with Crippen LogP contribution < -0.4 is 9.64 Å². The maximum absolute atomic E-state index is 14.6. The summed E-state index contributed by atoms with van der Waals surface area (Å²) in [5.41, 5.74) is 2.13. The number of methoxy groups -OCH3 is 1. The number of Topliss-reactive ketones (excluding diaryl/α,β-unsaturated/α-hetero) is 3. The Morgan fingerprint density at radius 2 is 1.52 bits per heavy atom. The standard InChI is InChI=1S/C34H24ClNO4/c1-40-24-9-6-8-22(19-24)29-30(31(37)21-13-16-23(35)17-14-21)36-27-12-5-2-7-20(27)15-18-28(36)34(29)32(38)25-10-3-4-11-26(25)33(34)39/h2-19,28-30H,1H3/t28-,29-,30+/m0/s1. The van der Waals surface area contributed by atoms with Gasteiger partial charge in [-0.25, -0.2) is 0 Å². The summed E-state index contributed by atoms with van der Waals surface area (Å²) in [4.78, 5) is 45.9. The van der Waals surface area contributed by atoms with E-state index in [-0.39, 0.29) is 17.3 Å². The molecule has 0 aromatic heterocycles. The number of carbonyl (C=O) groups is 3. The van der Waals surface area contributed by atoms with Crippen molar-refractivity contribution in [2.45, 2.75) is 18.0 Å². The van der Waals surface area contributed by atoms with E-state index in [9.17, 15) is 14.4 Å². The number of nitrogens with zero attached hydrogens (tertiary/aromatic N) is 1. The average Bonchev–Trinajstić information content (AvgIpc) is 3.43. The van der Waals surface area contributed by atoms with Crippen molar-refractivity contribution in [3.63, 3.8) is 0 Å². The molecule has 2 heterocycles. The normalized spacial score (nSPS) is 21.8. The molecular weight excluding hydrogens is 522 g/mol. The molecule has 4 aromatic rings. The molecule has 196 valence electrons. The Bertz CT molecular complexity index is 1710. The highest BCUT2D eigenvalue weighted by Gasteiger charge is 2.71. The first-order valence-electron chi connectivity index (χ1n) is 13.1. The number of hydrogen-bond donors (Lipinski definition) is 0. The van der Waals surface area contributed by atoms with Crippen molar-refractivity contribution in [2.75, 3.05) is 12.0 Å². The molecule has 0 radical (unpaired) electrons. The van der Waals surface area contributed by atoms with Gasteiger partial charge in [-0.2, -0.15) is 0 Å². The van der Waals surface area contributed by atoms with Crippen LogP contribution in [0.3, 0.4) is 0 Å². The van der Waals surface area contributed by atoms with Crippen molar-refractivity contribution in [3.05, 3.63) is 136 Å². The van der Waals surface area contributed by atoms with Crippen LogP contribution in [0.25, 0.3) is 6.08 Å². The summed E-state index contributed by atoms with van der Waals surface area (Å²) in [5.74, 6) is -0.911. The third-order valence-electron chi connectivity index (χ3n) is 8.56. The van der Waals surface area contributed by atoms with Gasteiger partial charge in [-0.3, -0.25) is 14.4 Å². The van der Waals surface area contributed by atoms with Crippen molar-refractivity contribution in [1.29, 1.82) is 0 Å². The zero-order valence-electron chi connectivity index (χ0n) is 21.6. The molecule has 3 aliphatic rings. The van der Waals surface area contributed by atoms with Gasteiger partial charge in [0.1, 0.15) is 17.2 Å². The predicted octanol–water partition coefficient (Wildman–Crippen LogP) is 6.66. The number of hydrogen-bond acceptors (Lipinski definition) is 5. The molecule has 0 bridgehead atoms. The Kier molecular flexibility index (Phi) is 5.55. The lowest BCUT2D eigenvalue weighted by Gasteiger charge is -2.37. The molecule has 6 heteroatoms. The molecule has 3 atom stereocenters. The number of anilines is 1. The largest absolute Gasteiger partial charge is 0.497 e. The molecule has 1 aliphatic carbocycles. The fourth-order valence-electron chi connectivity index (χ4n) is 6.91. The maximum Gasteiger partial charge on any atom is 0.185 e. The molecule has 5 nitrogen and oxygen atoms in total. The molecule has 0 unspecified atom stereocenters. The maximum atomic E-state index is 14.6. The molecule has 0 saturated carbocycles. The van der Waals surface area contributed by atoms with Gasteiger partial charge in [0.05, 0.1) is 13.2 Å². The van der Waals surface area contributed by atoms with Gasteiger partial charge in [0.15, 0.2) is 17.3 Å². The van der Waals surface area contributed by atoms with Gasteiger partial charge in [0.2, 0.25) is 0 Å². The topological polar surface area (TPSA) is 63.7 Å². The summed E-state index contributed by atoms with van der Waals surface area (Å²) in [7, 11) is 1.57. The smallest absolute Gasteiger partial charge is 0.185 e. The van der Waals surface area contributed by atoms with Crippen LogP contribution in [0.5, 0.6) is 5.75 Å². The van der Waals surface area contributed by atoms with Gasteiger partial charge < -0.3 is 9.64 Å². The van der Waals surface area contributed by atoms with Crippen LogP contribution >= 0.6 is 11.6 Å². The molecule has 40 heavy (non-hydrogen) atoms. The second-order valence-corrected chi connectivity index (χ2v) is 10.8. The minimum absolute atomic E-state index is 0.187. The van der Waals surface area contributed by atoms with Gasteiger partial charge in [0, 0.05) is 33.3 Å². The van der Waals surface area contributed by atoms with E-state index in [1.165, 1.54) is 0 Å². The molecule has 1 saturated heterocycles. The van der Waals surface area contributed by atoms with Gasteiger partial charge >= 0.3 is 0 Å². The van der Waals surface area contributed by atoms with Crippen LogP contribution in [0.15, 0.2) is 103 Å². The molecule has 1 spiro atoms. The van der Waals surface area contributed by atoms with Crippen molar-refractivity contribution in [3.8, 4) is 5.75 Å². The summed E-state index contributed by atoms with van der Waals surface area (Å²) in [6, 6.07) is 27.4. The number of ether oxygens (including phenoxy) is 1. The second-order valence-electron chi connectivity index (χ2n) is 10.4. The average molecular weight is 546 g/mol. The van der Waals surface area contributed by atoms with Crippen LogP contribution in [-0.4, -0.2) is 36.5 Å². The van der Waals surface area contributed by atoms with Crippen molar-refractivity contribution in [1.82, 2.24) is 0 Å². The van der Waals surface area contributed by atoms with E-state index in [4.69, 9.17) is 16.3 Å². The molecule has 1 fully saturated rings. The van der Waals surface area contributed by atoms with Crippen LogP contribution in [0, 0.1) is 5.41 Å². The van der Waals surface area contributed by atoms with Crippen LogP contribution in [0.2, 0.25) is 5.02 Å². The Balaban J connectivity index is 1.55. The molecule has 0 amide bonds. The van der Waals surface area contributed by atoms with Crippen LogP contribution in [0.4, 0.5) is 5.69 Å². The summed E-state index contributed by atoms with van der Waals surface area (Å²) >= 11 is 6.17. The minimum Gasteiger partial charge on any atom is -0.497 e. The number of benzene rings is 4. The lowest BCUT2D eigenvalue weighted by Crippen LogP contribution is -2.48. The summed E-state index contributed by atoms with van der Waals surface area (Å²) in [5, 5.41) is 0.518. The molecule has 2 aliphatic heterocycles. The fourth-order valence-corrected chi connectivity index (χ4v) is 7.04.